The Hall–Kier alpha value is -2.33. The minimum atomic E-state index is -0.00721. The Labute approximate surface area is 98.1 Å². The van der Waals surface area contributed by atoms with E-state index in [1.807, 2.05) is 18.2 Å². The second kappa shape index (κ2) is 5.67. The van der Waals surface area contributed by atoms with Gasteiger partial charge < -0.3 is 10.4 Å². The van der Waals surface area contributed by atoms with E-state index in [1.54, 1.807) is 6.01 Å². The monoisotopic (exact) mass is 229 g/mol. The highest BCUT2D eigenvalue weighted by atomic mass is 16.5. The summed E-state index contributed by atoms with van der Waals surface area (Å²) in [5.41, 5.74) is 1.28. The number of aliphatic imine (C=N–C) groups is 1. The summed E-state index contributed by atoms with van der Waals surface area (Å²) in [5, 5.41) is 15.8. The van der Waals surface area contributed by atoms with Crippen LogP contribution in [0, 0.1) is 0 Å². The molecule has 6 heteroatoms. The zero-order valence-corrected chi connectivity index (χ0v) is 9.15. The van der Waals surface area contributed by atoms with Gasteiger partial charge in [-0.3, -0.25) is 4.52 Å². The molecule has 2 aromatic rings. The predicted molar refractivity (Wildman–Crippen MR) is 59.7 cm³/mol. The molecule has 0 fully saturated rings. The Kier molecular flexibility index (Phi) is 3.72. The molecule has 0 atom stereocenters. The normalized spacial score (nSPS) is 9.88. The fraction of sp³-hybridized carbons (Fsp3) is 0.273. The number of rotatable bonds is 5. The highest BCUT2D eigenvalue weighted by Gasteiger charge is 2.09. The summed E-state index contributed by atoms with van der Waals surface area (Å²) in [4.78, 5) is 4.74. The molecule has 0 aliphatic rings. The van der Waals surface area contributed by atoms with Crippen LogP contribution in [0.15, 0.2) is 39.8 Å². The molecule has 0 aliphatic heterocycles. The van der Waals surface area contributed by atoms with Crippen LogP contribution in [0.5, 0.6) is 0 Å². The predicted octanol–water partition coefficient (Wildman–Crippen LogP) is 1.36. The fourth-order valence-electron chi connectivity index (χ4n) is 1.46. The van der Waals surface area contributed by atoms with Gasteiger partial charge in [-0.2, -0.15) is 0 Å². The van der Waals surface area contributed by atoms with E-state index in [2.05, 4.69) is 27.5 Å². The van der Waals surface area contributed by atoms with Crippen LogP contribution >= 0.6 is 0 Å². The quantitative estimate of drug-likeness (QED) is 0.573. The Balaban J connectivity index is 1.84. The maximum atomic E-state index is 8.30. The van der Waals surface area contributed by atoms with Gasteiger partial charge in [0.1, 0.15) is 0 Å². The smallest absolute Gasteiger partial charge is 0.323 e. The van der Waals surface area contributed by atoms with Crippen LogP contribution < -0.4 is 4.80 Å². The summed E-state index contributed by atoms with van der Waals surface area (Å²) in [6.45, 7) is 0.638. The average Bonchev–Trinajstić information content (AvgIpc) is 2.79. The lowest BCUT2D eigenvalue weighted by atomic mass is 10.1. The molecule has 1 aromatic heterocycles. The van der Waals surface area contributed by atoms with Crippen molar-refractivity contribution < 1.29 is 9.32 Å². The summed E-state index contributed by atoms with van der Waals surface area (Å²) in [7, 11) is 0. The van der Waals surface area contributed by atoms with Crippen molar-refractivity contribution in [1.29, 1.82) is 0 Å². The first-order valence-corrected chi connectivity index (χ1v) is 5.26. The second-order valence-electron chi connectivity index (χ2n) is 3.45. The first-order valence-electron chi connectivity index (χ1n) is 5.26. The van der Waals surface area contributed by atoms with Gasteiger partial charge in [-0.15, -0.1) is 6.01 Å². The SMILES string of the molecule is [N-]=C=Nc1n[n+](CCCc2ccccc2)no1. The van der Waals surface area contributed by atoms with Gasteiger partial charge in [0.25, 0.3) is 0 Å². The zero-order valence-electron chi connectivity index (χ0n) is 9.15. The highest BCUT2D eigenvalue weighted by molar-refractivity contribution is 5.48. The van der Waals surface area contributed by atoms with Crippen LogP contribution in [0.3, 0.4) is 0 Å². The summed E-state index contributed by atoms with van der Waals surface area (Å²) in [5.74, 6) is 0. The van der Waals surface area contributed by atoms with Gasteiger partial charge in [-0.1, -0.05) is 30.3 Å². The van der Waals surface area contributed by atoms with E-state index in [1.165, 1.54) is 10.4 Å². The first kappa shape index (κ1) is 11.2. The lowest BCUT2D eigenvalue weighted by molar-refractivity contribution is -0.812. The summed E-state index contributed by atoms with van der Waals surface area (Å²) in [6.07, 6.45) is 1.85. The van der Waals surface area contributed by atoms with Gasteiger partial charge in [0, 0.05) is 6.42 Å². The molecule has 0 aliphatic carbocycles. The van der Waals surface area contributed by atoms with E-state index in [9.17, 15) is 0 Å². The number of aromatic nitrogens is 3. The van der Waals surface area contributed by atoms with Gasteiger partial charge in [0.2, 0.25) is 11.8 Å². The van der Waals surface area contributed by atoms with Crippen molar-refractivity contribution in [2.45, 2.75) is 19.4 Å². The third-order valence-corrected chi connectivity index (χ3v) is 2.23. The molecule has 0 bridgehead atoms. The van der Waals surface area contributed by atoms with Crippen LogP contribution in [0.4, 0.5) is 6.01 Å². The Morgan fingerprint density at radius 2 is 2.18 bits per heavy atom. The minimum absolute atomic E-state index is 0.00721. The van der Waals surface area contributed by atoms with Crippen molar-refractivity contribution in [3.8, 4) is 0 Å². The molecule has 0 saturated heterocycles. The molecule has 0 spiro atoms. The van der Waals surface area contributed by atoms with Crippen molar-refractivity contribution in [2.75, 3.05) is 0 Å². The van der Waals surface area contributed by atoms with E-state index >= 15 is 0 Å². The molecule has 1 aromatic carbocycles. The number of benzene rings is 1. The van der Waals surface area contributed by atoms with E-state index < -0.39 is 0 Å². The van der Waals surface area contributed by atoms with Gasteiger partial charge in [0.05, 0.1) is 9.90 Å². The third-order valence-electron chi connectivity index (χ3n) is 2.23. The van der Waals surface area contributed by atoms with Crippen molar-refractivity contribution in [2.24, 2.45) is 4.99 Å². The molecule has 0 N–H and O–H groups in total. The van der Waals surface area contributed by atoms with Crippen molar-refractivity contribution >= 4 is 12.0 Å². The molecule has 0 amide bonds. The zero-order chi connectivity index (χ0) is 11.9. The van der Waals surface area contributed by atoms with Crippen molar-refractivity contribution in [3.05, 3.63) is 41.3 Å². The Bertz CT molecular complexity index is 516. The van der Waals surface area contributed by atoms with Crippen LogP contribution in [-0.4, -0.2) is 16.4 Å². The lowest BCUT2D eigenvalue weighted by Crippen LogP contribution is -2.38. The Morgan fingerprint density at radius 1 is 1.35 bits per heavy atom. The maximum absolute atomic E-state index is 8.30. The van der Waals surface area contributed by atoms with Crippen molar-refractivity contribution in [3.63, 3.8) is 0 Å². The van der Waals surface area contributed by atoms with E-state index in [0.717, 1.165) is 12.8 Å². The summed E-state index contributed by atoms with van der Waals surface area (Å²) in [6, 6.07) is 11.8. The number of nitrogens with zero attached hydrogens (tertiary/aromatic N) is 5. The molecule has 0 saturated carbocycles. The van der Waals surface area contributed by atoms with Crippen molar-refractivity contribution in [1.82, 2.24) is 10.4 Å². The largest absolute Gasteiger partial charge is 0.422 e. The van der Waals surface area contributed by atoms with E-state index in [-0.39, 0.29) is 6.01 Å². The highest BCUT2D eigenvalue weighted by Crippen LogP contribution is 2.02. The van der Waals surface area contributed by atoms with Gasteiger partial charge in [-0.05, 0) is 12.0 Å². The third kappa shape index (κ3) is 3.32. The minimum Gasteiger partial charge on any atom is -0.422 e. The van der Waals surface area contributed by atoms with Crippen LogP contribution in [0.25, 0.3) is 5.41 Å². The molecule has 0 radical (unpaired) electrons. The van der Waals surface area contributed by atoms with Gasteiger partial charge in [-0.25, -0.2) is 0 Å². The molecule has 17 heavy (non-hydrogen) atoms. The number of hydrogen-bond acceptors (Lipinski definition) is 4. The standard InChI is InChI=1S/C11H11N5O/c12-9-13-11-14-16(15-17-11)8-4-7-10-5-2-1-3-6-10/h1-3,5-6H,4,7-8H2. The van der Waals surface area contributed by atoms with E-state index in [4.69, 9.17) is 9.93 Å². The first-order chi connectivity index (χ1) is 8.38. The molecule has 1 heterocycles. The number of aryl methyl sites for hydroxylation is 2. The van der Waals surface area contributed by atoms with Gasteiger partial charge >= 0.3 is 6.01 Å². The number of hydrogen-bond donors (Lipinski definition) is 0. The maximum Gasteiger partial charge on any atom is 0.323 e. The molecular formula is C11H11N5O. The van der Waals surface area contributed by atoms with Crippen LogP contribution in [-0.2, 0) is 13.0 Å². The molecule has 6 nitrogen and oxygen atoms in total. The Morgan fingerprint density at radius 3 is 2.94 bits per heavy atom. The van der Waals surface area contributed by atoms with Crippen LogP contribution in [0.1, 0.15) is 12.0 Å². The topological polar surface area (TPSA) is 77.5 Å². The fourth-order valence-corrected chi connectivity index (χ4v) is 1.46. The molecule has 86 valence electrons. The van der Waals surface area contributed by atoms with E-state index in [0.29, 0.717) is 6.54 Å². The van der Waals surface area contributed by atoms with Crippen LogP contribution in [0.2, 0.25) is 0 Å². The lowest BCUT2D eigenvalue weighted by Gasteiger charge is -1.95. The second-order valence-corrected chi connectivity index (χ2v) is 3.45. The molecular weight excluding hydrogens is 218 g/mol. The summed E-state index contributed by atoms with van der Waals surface area (Å²) >= 11 is 0. The summed E-state index contributed by atoms with van der Waals surface area (Å²) < 4.78 is 4.72. The molecule has 2 rings (SSSR count). The average molecular weight is 229 g/mol. The molecule has 0 unspecified atom stereocenters. The van der Waals surface area contributed by atoms with Gasteiger partial charge in [0.15, 0.2) is 0 Å².